The molecule has 0 radical (unpaired) electrons. The molecule has 1 N–H and O–H groups in total. The van der Waals surface area contributed by atoms with Crippen molar-refractivity contribution in [2.24, 2.45) is 0 Å². The highest BCUT2D eigenvalue weighted by molar-refractivity contribution is 9.10. The first-order valence-electron chi connectivity index (χ1n) is 6.96. The van der Waals surface area contributed by atoms with Gasteiger partial charge in [-0.25, -0.2) is 5.01 Å². The number of carbonyl (C=O) groups excluding carboxylic acids is 2. The molecule has 1 saturated heterocycles. The molecule has 24 heavy (non-hydrogen) atoms. The minimum atomic E-state index is -0.435. The number of nitrogens with one attached hydrogen (secondary N) is 1. The predicted molar refractivity (Wildman–Crippen MR) is 98.4 cm³/mol. The molecule has 1 fully saturated rings. The zero-order valence-electron chi connectivity index (χ0n) is 12.5. The lowest BCUT2D eigenvalue weighted by Gasteiger charge is -2.14. The Kier molecular flexibility index (Phi) is 4.73. The second-order valence-electron chi connectivity index (χ2n) is 5.01. The molecule has 0 aromatic heterocycles. The highest BCUT2D eigenvalue weighted by Gasteiger charge is 2.34. The quantitative estimate of drug-likeness (QED) is 0.572. The summed E-state index contributed by atoms with van der Waals surface area (Å²) in [6.07, 6.45) is 1.56. The van der Waals surface area contributed by atoms with Crippen LogP contribution in [0.5, 0.6) is 5.75 Å². The normalized spacial score (nSPS) is 15.8. The molecule has 2 aromatic carbocycles. The van der Waals surface area contributed by atoms with E-state index in [0.29, 0.717) is 11.4 Å². The van der Waals surface area contributed by atoms with Crippen molar-refractivity contribution in [2.45, 2.75) is 0 Å². The Morgan fingerprint density at radius 3 is 2.42 bits per heavy atom. The van der Waals surface area contributed by atoms with Crippen molar-refractivity contribution in [1.82, 2.24) is 5.43 Å². The molecule has 0 atom stereocenters. The van der Waals surface area contributed by atoms with Gasteiger partial charge in [0.15, 0.2) is 0 Å². The number of ether oxygens (including phenoxy) is 1. The first kappa shape index (κ1) is 16.7. The summed E-state index contributed by atoms with van der Waals surface area (Å²) in [5, 5.41) is 1.24. The van der Waals surface area contributed by atoms with Crippen LogP contribution in [0.2, 0.25) is 0 Å². The summed E-state index contributed by atoms with van der Waals surface area (Å²) < 4.78 is 6.81. The minimum Gasteiger partial charge on any atom is -0.496 e. The molecule has 2 aromatic rings. The van der Waals surface area contributed by atoms with E-state index in [1.165, 1.54) is 5.01 Å². The molecule has 1 aliphatic heterocycles. The lowest BCUT2D eigenvalue weighted by molar-refractivity contribution is -0.117. The predicted octanol–water partition coefficient (Wildman–Crippen LogP) is 3.68. The third-order valence-electron chi connectivity index (χ3n) is 3.46. The molecular formula is C17H12Br2N2O3. The Balaban J connectivity index is 1.91. The topological polar surface area (TPSA) is 58.6 Å². The standard InChI is InChI=1S/C17H12Br2N2O3/c1-24-15-7-2-10(9-14(15)19)8-13-16(22)20-21(17(13)23)12-5-3-11(18)4-6-12/h2-9H,1H3,(H,20,22)/b13-8+. The van der Waals surface area contributed by atoms with Crippen molar-refractivity contribution >= 4 is 55.4 Å². The van der Waals surface area contributed by atoms with Gasteiger partial charge in [-0.05, 0) is 64.0 Å². The number of methoxy groups -OCH3 is 1. The fourth-order valence-electron chi connectivity index (χ4n) is 2.27. The highest BCUT2D eigenvalue weighted by atomic mass is 79.9. The van der Waals surface area contributed by atoms with E-state index in [0.717, 1.165) is 14.5 Å². The van der Waals surface area contributed by atoms with Gasteiger partial charge in [-0.3, -0.25) is 15.0 Å². The fraction of sp³-hybridized carbons (Fsp3) is 0.0588. The number of rotatable bonds is 3. The van der Waals surface area contributed by atoms with Crippen LogP contribution >= 0.6 is 31.9 Å². The molecule has 1 aliphatic rings. The smallest absolute Gasteiger partial charge is 0.282 e. The van der Waals surface area contributed by atoms with Crippen molar-refractivity contribution < 1.29 is 14.3 Å². The summed E-state index contributed by atoms with van der Waals surface area (Å²) in [5.74, 6) is -0.153. The SMILES string of the molecule is COc1ccc(/C=C2\C(=O)NN(c3ccc(Br)cc3)C2=O)cc1Br. The van der Waals surface area contributed by atoms with Gasteiger partial charge < -0.3 is 4.74 Å². The van der Waals surface area contributed by atoms with Crippen LogP contribution in [0, 0.1) is 0 Å². The van der Waals surface area contributed by atoms with Gasteiger partial charge in [0.05, 0.1) is 17.3 Å². The lowest BCUT2D eigenvalue weighted by Crippen LogP contribution is -2.35. The Bertz CT molecular complexity index is 847. The summed E-state index contributed by atoms with van der Waals surface area (Å²) in [6, 6.07) is 12.4. The first-order chi connectivity index (χ1) is 11.5. The zero-order chi connectivity index (χ0) is 17.3. The fourth-order valence-corrected chi connectivity index (χ4v) is 3.09. The maximum absolute atomic E-state index is 12.5. The first-order valence-corrected chi connectivity index (χ1v) is 8.54. The van der Waals surface area contributed by atoms with Crippen LogP contribution in [-0.2, 0) is 9.59 Å². The number of hydrazine groups is 1. The molecule has 122 valence electrons. The zero-order valence-corrected chi connectivity index (χ0v) is 15.7. The molecule has 0 unspecified atom stereocenters. The summed E-state index contributed by atoms with van der Waals surface area (Å²) in [5.41, 5.74) is 3.96. The average Bonchev–Trinajstić information content (AvgIpc) is 2.84. The van der Waals surface area contributed by atoms with Crippen molar-refractivity contribution in [3.05, 3.63) is 62.5 Å². The van der Waals surface area contributed by atoms with Crippen LogP contribution in [-0.4, -0.2) is 18.9 Å². The summed E-state index contributed by atoms with van der Waals surface area (Å²) in [7, 11) is 1.57. The van der Waals surface area contributed by atoms with Gasteiger partial charge in [0, 0.05) is 4.47 Å². The maximum Gasteiger partial charge on any atom is 0.282 e. The third-order valence-corrected chi connectivity index (χ3v) is 4.61. The Hall–Kier alpha value is -2.12. The number of hydrogen-bond acceptors (Lipinski definition) is 3. The highest BCUT2D eigenvalue weighted by Crippen LogP contribution is 2.28. The van der Waals surface area contributed by atoms with E-state index in [1.54, 1.807) is 55.7 Å². The molecule has 5 nitrogen and oxygen atoms in total. The van der Waals surface area contributed by atoms with Gasteiger partial charge in [0.2, 0.25) is 0 Å². The van der Waals surface area contributed by atoms with E-state index in [1.807, 2.05) is 0 Å². The molecular weight excluding hydrogens is 440 g/mol. The van der Waals surface area contributed by atoms with Gasteiger partial charge in [0.25, 0.3) is 11.8 Å². The number of amides is 2. The second kappa shape index (κ2) is 6.78. The number of anilines is 1. The number of benzene rings is 2. The van der Waals surface area contributed by atoms with Gasteiger partial charge in [-0.2, -0.15) is 0 Å². The molecule has 0 bridgehead atoms. The molecule has 2 amide bonds. The molecule has 7 heteroatoms. The van der Waals surface area contributed by atoms with E-state index < -0.39 is 11.8 Å². The lowest BCUT2D eigenvalue weighted by atomic mass is 10.1. The number of hydrogen-bond donors (Lipinski definition) is 1. The van der Waals surface area contributed by atoms with Crippen LogP contribution in [0.3, 0.4) is 0 Å². The van der Waals surface area contributed by atoms with Gasteiger partial charge >= 0.3 is 0 Å². The molecule has 0 spiro atoms. The molecule has 0 aliphatic carbocycles. The monoisotopic (exact) mass is 450 g/mol. The van der Waals surface area contributed by atoms with Crippen molar-refractivity contribution in [1.29, 1.82) is 0 Å². The van der Waals surface area contributed by atoms with Crippen LogP contribution < -0.4 is 15.2 Å². The van der Waals surface area contributed by atoms with Crippen molar-refractivity contribution in [3.8, 4) is 5.75 Å². The van der Waals surface area contributed by atoms with Crippen molar-refractivity contribution in [3.63, 3.8) is 0 Å². The summed E-state index contributed by atoms with van der Waals surface area (Å²) in [6.45, 7) is 0. The van der Waals surface area contributed by atoms with E-state index in [2.05, 4.69) is 37.3 Å². The number of nitrogens with zero attached hydrogens (tertiary/aromatic N) is 1. The third kappa shape index (κ3) is 3.22. The number of carbonyl (C=O) groups is 2. The van der Waals surface area contributed by atoms with E-state index in [9.17, 15) is 9.59 Å². The Morgan fingerprint density at radius 1 is 1.08 bits per heavy atom. The molecule has 1 heterocycles. The maximum atomic E-state index is 12.5. The van der Waals surface area contributed by atoms with Gasteiger partial charge in [-0.1, -0.05) is 22.0 Å². The van der Waals surface area contributed by atoms with Gasteiger partial charge in [-0.15, -0.1) is 0 Å². The Labute approximate surface area is 155 Å². The van der Waals surface area contributed by atoms with Crippen molar-refractivity contribution in [2.75, 3.05) is 12.1 Å². The minimum absolute atomic E-state index is 0.0787. The Morgan fingerprint density at radius 2 is 1.79 bits per heavy atom. The van der Waals surface area contributed by atoms with E-state index in [-0.39, 0.29) is 5.57 Å². The molecule has 3 rings (SSSR count). The van der Waals surface area contributed by atoms with E-state index >= 15 is 0 Å². The average molecular weight is 452 g/mol. The van der Waals surface area contributed by atoms with E-state index in [4.69, 9.17) is 4.74 Å². The van der Waals surface area contributed by atoms with Crippen LogP contribution in [0.1, 0.15) is 5.56 Å². The van der Waals surface area contributed by atoms with Gasteiger partial charge in [0.1, 0.15) is 11.3 Å². The van der Waals surface area contributed by atoms with Crippen LogP contribution in [0.25, 0.3) is 6.08 Å². The summed E-state index contributed by atoms with van der Waals surface area (Å²) >= 11 is 6.73. The number of halogens is 2. The van der Waals surface area contributed by atoms with Crippen LogP contribution in [0.4, 0.5) is 5.69 Å². The summed E-state index contributed by atoms with van der Waals surface area (Å²) in [4.78, 5) is 24.7. The second-order valence-corrected chi connectivity index (χ2v) is 6.78. The largest absolute Gasteiger partial charge is 0.496 e. The van der Waals surface area contributed by atoms with Crippen LogP contribution in [0.15, 0.2) is 57.0 Å². The molecule has 0 saturated carbocycles.